The van der Waals surface area contributed by atoms with E-state index in [-0.39, 0.29) is 18.0 Å². The highest BCUT2D eigenvalue weighted by atomic mass is 16.5. The Morgan fingerprint density at radius 3 is 2.28 bits per heavy atom. The molecule has 3 aromatic carbocycles. The van der Waals surface area contributed by atoms with E-state index in [4.69, 9.17) is 4.74 Å². The zero-order valence-corrected chi connectivity index (χ0v) is 15.9. The Labute approximate surface area is 168 Å². The minimum atomic E-state index is -0.245. The average molecular weight is 384 g/mol. The zero-order valence-electron chi connectivity index (χ0n) is 15.9. The minimum Gasteiger partial charge on any atom is -0.497 e. The fraction of sp³-hybridized carbons (Fsp3) is 0.0833. The van der Waals surface area contributed by atoms with Crippen molar-refractivity contribution in [3.63, 3.8) is 0 Å². The first kappa shape index (κ1) is 18.5. The number of aliphatic imine (C=N–C) groups is 1. The third kappa shape index (κ3) is 3.75. The van der Waals surface area contributed by atoms with Crippen LogP contribution in [0.1, 0.15) is 11.1 Å². The maximum Gasteiger partial charge on any atom is 0.261 e. The zero-order chi connectivity index (χ0) is 20.2. The van der Waals surface area contributed by atoms with Crippen molar-refractivity contribution in [3.05, 3.63) is 100 Å². The molecule has 0 saturated heterocycles. The quantitative estimate of drug-likeness (QED) is 0.515. The SMILES string of the molecule is COc1ccc(Cn2c(O)c(C=Nc3ccccc3)c3ccccc3c2=O)cc1. The lowest BCUT2D eigenvalue weighted by Gasteiger charge is -2.14. The fourth-order valence-corrected chi connectivity index (χ4v) is 3.25. The second-order valence-electron chi connectivity index (χ2n) is 6.62. The largest absolute Gasteiger partial charge is 0.497 e. The second-order valence-corrected chi connectivity index (χ2v) is 6.62. The smallest absolute Gasteiger partial charge is 0.261 e. The van der Waals surface area contributed by atoms with Gasteiger partial charge in [0.1, 0.15) is 5.75 Å². The first-order chi connectivity index (χ1) is 14.2. The number of fused-ring (bicyclic) bond motifs is 1. The number of aromatic hydroxyl groups is 1. The van der Waals surface area contributed by atoms with Crippen LogP contribution in [0.5, 0.6) is 11.6 Å². The molecule has 29 heavy (non-hydrogen) atoms. The Kier molecular flexibility index (Phi) is 5.12. The first-order valence-corrected chi connectivity index (χ1v) is 9.24. The van der Waals surface area contributed by atoms with E-state index in [0.29, 0.717) is 16.3 Å². The summed E-state index contributed by atoms with van der Waals surface area (Å²) in [5.74, 6) is 0.628. The number of nitrogens with zero attached hydrogens (tertiary/aromatic N) is 2. The monoisotopic (exact) mass is 384 g/mol. The minimum absolute atomic E-state index is 0.107. The van der Waals surface area contributed by atoms with Crippen LogP contribution in [0.2, 0.25) is 0 Å². The van der Waals surface area contributed by atoms with Crippen LogP contribution in [-0.4, -0.2) is 23.0 Å². The van der Waals surface area contributed by atoms with Crippen LogP contribution >= 0.6 is 0 Å². The number of hydrogen-bond acceptors (Lipinski definition) is 4. The van der Waals surface area contributed by atoms with E-state index in [9.17, 15) is 9.90 Å². The second kappa shape index (κ2) is 8.02. The van der Waals surface area contributed by atoms with Crippen molar-refractivity contribution in [1.82, 2.24) is 4.57 Å². The van der Waals surface area contributed by atoms with Crippen molar-refractivity contribution < 1.29 is 9.84 Å². The van der Waals surface area contributed by atoms with Crippen LogP contribution in [0.3, 0.4) is 0 Å². The summed E-state index contributed by atoms with van der Waals surface area (Å²) in [4.78, 5) is 17.5. The number of methoxy groups -OCH3 is 1. The van der Waals surface area contributed by atoms with Crippen molar-refractivity contribution >= 4 is 22.7 Å². The number of ether oxygens (including phenoxy) is 1. The fourth-order valence-electron chi connectivity index (χ4n) is 3.25. The van der Waals surface area contributed by atoms with E-state index in [1.165, 1.54) is 4.57 Å². The molecule has 0 saturated carbocycles. The predicted molar refractivity (Wildman–Crippen MR) is 116 cm³/mol. The molecule has 0 atom stereocenters. The van der Waals surface area contributed by atoms with Crippen molar-refractivity contribution in [1.29, 1.82) is 0 Å². The molecule has 0 fully saturated rings. The van der Waals surface area contributed by atoms with Gasteiger partial charge in [-0.05, 0) is 35.9 Å². The van der Waals surface area contributed by atoms with Gasteiger partial charge in [-0.2, -0.15) is 0 Å². The molecule has 0 aliphatic rings. The van der Waals surface area contributed by atoms with Gasteiger partial charge in [0.05, 0.1) is 24.9 Å². The summed E-state index contributed by atoms with van der Waals surface area (Å²) in [5, 5.41) is 12.2. The molecule has 4 aromatic rings. The van der Waals surface area contributed by atoms with Crippen molar-refractivity contribution in [2.75, 3.05) is 7.11 Å². The molecule has 5 heteroatoms. The van der Waals surface area contributed by atoms with Gasteiger partial charge in [0.15, 0.2) is 0 Å². The standard InChI is InChI=1S/C24H20N2O3/c1-29-19-13-11-17(12-14-19)16-26-23(27)21-10-6-5-9-20(21)22(24(26)28)15-25-18-7-3-2-4-8-18/h2-15,28H,16H2,1H3. The van der Waals surface area contributed by atoms with Crippen LogP contribution in [-0.2, 0) is 6.54 Å². The molecule has 0 amide bonds. The van der Waals surface area contributed by atoms with Gasteiger partial charge in [0.2, 0.25) is 5.88 Å². The number of para-hydroxylation sites is 1. The Hall–Kier alpha value is -3.86. The lowest BCUT2D eigenvalue weighted by atomic mass is 10.1. The van der Waals surface area contributed by atoms with E-state index in [2.05, 4.69) is 4.99 Å². The van der Waals surface area contributed by atoms with Crippen molar-refractivity contribution in [2.45, 2.75) is 6.54 Å². The molecule has 4 rings (SSSR count). The highest BCUT2D eigenvalue weighted by Gasteiger charge is 2.15. The summed E-state index contributed by atoms with van der Waals surface area (Å²) in [7, 11) is 1.60. The molecule has 0 aliphatic heterocycles. The van der Waals surface area contributed by atoms with Gasteiger partial charge in [-0.25, -0.2) is 0 Å². The number of hydrogen-bond donors (Lipinski definition) is 1. The highest BCUT2D eigenvalue weighted by molar-refractivity contribution is 6.02. The van der Waals surface area contributed by atoms with Gasteiger partial charge in [-0.15, -0.1) is 0 Å². The third-order valence-electron chi connectivity index (χ3n) is 4.79. The molecule has 1 heterocycles. The Bertz CT molecular complexity index is 1230. The van der Waals surface area contributed by atoms with Crippen molar-refractivity contribution in [3.8, 4) is 11.6 Å². The lowest BCUT2D eigenvalue weighted by Crippen LogP contribution is -2.22. The van der Waals surface area contributed by atoms with Crippen LogP contribution in [0.25, 0.3) is 10.8 Å². The Morgan fingerprint density at radius 1 is 0.931 bits per heavy atom. The number of rotatable bonds is 5. The summed E-state index contributed by atoms with van der Waals surface area (Å²) >= 11 is 0. The summed E-state index contributed by atoms with van der Waals surface area (Å²) in [6, 6.07) is 24.1. The Morgan fingerprint density at radius 2 is 1.59 bits per heavy atom. The molecule has 0 radical (unpaired) electrons. The molecule has 5 nitrogen and oxygen atoms in total. The molecule has 1 N–H and O–H groups in total. The molecule has 0 unspecified atom stereocenters. The van der Waals surface area contributed by atoms with Gasteiger partial charge in [-0.1, -0.05) is 48.5 Å². The van der Waals surface area contributed by atoms with E-state index in [1.54, 1.807) is 19.4 Å². The van der Waals surface area contributed by atoms with Gasteiger partial charge in [0, 0.05) is 17.0 Å². The number of benzene rings is 3. The summed E-state index contributed by atoms with van der Waals surface area (Å²) in [5.41, 5.74) is 1.91. The normalized spacial score (nSPS) is 11.2. The summed E-state index contributed by atoms with van der Waals surface area (Å²) < 4.78 is 6.55. The van der Waals surface area contributed by atoms with Crippen LogP contribution in [0, 0.1) is 0 Å². The molecule has 1 aromatic heterocycles. The van der Waals surface area contributed by atoms with Crippen molar-refractivity contribution in [2.24, 2.45) is 4.99 Å². The van der Waals surface area contributed by atoms with Crippen LogP contribution in [0.15, 0.2) is 88.6 Å². The van der Waals surface area contributed by atoms with E-state index in [0.717, 1.165) is 17.0 Å². The van der Waals surface area contributed by atoms with E-state index in [1.807, 2.05) is 72.8 Å². The van der Waals surface area contributed by atoms with Gasteiger partial charge in [-0.3, -0.25) is 14.4 Å². The molecular weight excluding hydrogens is 364 g/mol. The van der Waals surface area contributed by atoms with Gasteiger partial charge < -0.3 is 9.84 Å². The Balaban J connectivity index is 1.84. The van der Waals surface area contributed by atoms with E-state index >= 15 is 0 Å². The topological polar surface area (TPSA) is 63.8 Å². The molecule has 0 bridgehead atoms. The summed E-state index contributed by atoms with van der Waals surface area (Å²) in [6.07, 6.45) is 1.61. The van der Waals surface area contributed by atoms with Crippen LogP contribution in [0.4, 0.5) is 5.69 Å². The average Bonchev–Trinajstić information content (AvgIpc) is 2.78. The highest BCUT2D eigenvalue weighted by Crippen LogP contribution is 2.25. The lowest BCUT2D eigenvalue weighted by molar-refractivity contribution is 0.412. The third-order valence-corrected chi connectivity index (χ3v) is 4.79. The maximum atomic E-state index is 13.0. The maximum absolute atomic E-state index is 13.0. The summed E-state index contributed by atoms with van der Waals surface area (Å²) in [6.45, 7) is 0.242. The molecule has 0 spiro atoms. The van der Waals surface area contributed by atoms with Crippen LogP contribution < -0.4 is 10.3 Å². The first-order valence-electron chi connectivity index (χ1n) is 9.24. The van der Waals surface area contributed by atoms with Gasteiger partial charge in [0.25, 0.3) is 5.56 Å². The van der Waals surface area contributed by atoms with Gasteiger partial charge >= 0.3 is 0 Å². The predicted octanol–water partition coefficient (Wildman–Crippen LogP) is 4.51. The molecular formula is C24H20N2O3. The molecule has 0 aliphatic carbocycles. The van der Waals surface area contributed by atoms with E-state index < -0.39 is 0 Å². The number of aromatic nitrogens is 1. The molecule has 144 valence electrons. The number of pyridine rings is 1.